The molecule has 1 aliphatic rings. The van der Waals surface area contributed by atoms with E-state index < -0.39 is 12.1 Å². The largest absolute Gasteiger partial charge is 0.456 e. The van der Waals surface area contributed by atoms with Gasteiger partial charge in [0.05, 0.1) is 6.61 Å². The summed E-state index contributed by atoms with van der Waals surface area (Å²) < 4.78 is 4.66. The predicted molar refractivity (Wildman–Crippen MR) is 57.0 cm³/mol. The van der Waals surface area contributed by atoms with Crippen molar-refractivity contribution in [1.82, 2.24) is 0 Å². The molecule has 1 atom stereocenters. The van der Waals surface area contributed by atoms with Crippen molar-refractivity contribution >= 4 is 5.97 Å². The minimum Gasteiger partial charge on any atom is -0.456 e. The van der Waals surface area contributed by atoms with Crippen molar-refractivity contribution in [3.63, 3.8) is 0 Å². The summed E-state index contributed by atoms with van der Waals surface area (Å²) in [4.78, 5) is 10.9. The van der Waals surface area contributed by atoms with Crippen LogP contribution in [0.4, 0.5) is 0 Å². The summed E-state index contributed by atoms with van der Waals surface area (Å²) >= 11 is 0. The Kier molecular flexibility index (Phi) is 5.20. The fourth-order valence-corrected chi connectivity index (χ4v) is 1.87. The van der Waals surface area contributed by atoms with Crippen LogP contribution in [0.15, 0.2) is 0 Å². The lowest BCUT2D eigenvalue weighted by Gasteiger charge is -2.23. The van der Waals surface area contributed by atoms with Crippen LogP contribution < -0.4 is 0 Å². The van der Waals surface area contributed by atoms with Crippen LogP contribution in [-0.2, 0) is 9.53 Å². The molecule has 15 heavy (non-hydrogen) atoms. The molecule has 1 fully saturated rings. The van der Waals surface area contributed by atoms with Crippen LogP contribution in [0.2, 0.25) is 0 Å². The molecule has 0 amide bonds. The molecule has 0 bridgehead atoms. The van der Waals surface area contributed by atoms with Crippen LogP contribution in [0.1, 0.15) is 39.0 Å². The number of ether oxygens (including phenoxy) is 1. The predicted octanol–water partition coefficient (Wildman–Crippen LogP) is 1.49. The maximum Gasteiger partial charge on any atom is 0.384 e. The highest BCUT2D eigenvalue weighted by molar-refractivity contribution is 5.88. The first kappa shape index (κ1) is 12.1. The van der Waals surface area contributed by atoms with Gasteiger partial charge in [-0.05, 0) is 25.7 Å². The van der Waals surface area contributed by atoms with Crippen LogP contribution in [-0.4, -0.2) is 23.8 Å². The lowest BCUT2D eigenvalue weighted by Crippen LogP contribution is -2.21. The normalized spacial score (nSPS) is 18.8. The quantitative estimate of drug-likeness (QED) is 0.427. The molecular formula is C12H18O3. The summed E-state index contributed by atoms with van der Waals surface area (Å²) in [5, 5.41) is 9.71. The molecule has 0 saturated heterocycles. The number of hydrogen-bond acceptors (Lipinski definition) is 3. The Bertz CT molecular complexity index is 256. The summed E-state index contributed by atoms with van der Waals surface area (Å²) in [6.07, 6.45) is 4.91. The molecule has 1 N–H and O–H groups in total. The van der Waals surface area contributed by atoms with E-state index in [2.05, 4.69) is 16.6 Å². The molecule has 0 aromatic carbocycles. The van der Waals surface area contributed by atoms with Gasteiger partial charge < -0.3 is 9.84 Å². The number of rotatable bonds is 2. The highest BCUT2D eigenvalue weighted by atomic mass is 16.5. The minimum absolute atomic E-state index is 0.237. The Morgan fingerprint density at radius 2 is 2.13 bits per heavy atom. The van der Waals surface area contributed by atoms with Gasteiger partial charge in [0.2, 0.25) is 0 Å². The highest BCUT2D eigenvalue weighted by Gasteiger charge is 2.19. The molecule has 0 aromatic heterocycles. The summed E-state index contributed by atoms with van der Waals surface area (Å²) in [5.74, 6) is 4.58. The molecular weight excluding hydrogens is 192 g/mol. The van der Waals surface area contributed by atoms with E-state index >= 15 is 0 Å². The first-order chi connectivity index (χ1) is 7.24. The molecule has 1 rings (SSSR count). The first-order valence-corrected chi connectivity index (χ1v) is 5.60. The molecule has 1 aliphatic carbocycles. The van der Waals surface area contributed by atoms with Crippen molar-refractivity contribution in [2.45, 2.75) is 45.1 Å². The molecule has 0 unspecified atom stereocenters. The van der Waals surface area contributed by atoms with Gasteiger partial charge in [0.15, 0.2) is 0 Å². The van der Waals surface area contributed by atoms with Crippen molar-refractivity contribution < 1.29 is 14.6 Å². The van der Waals surface area contributed by atoms with Crippen molar-refractivity contribution in [1.29, 1.82) is 0 Å². The first-order valence-electron chi connectivity index (χ1n) is 5.60. The number of carbonyl (C=O) groups excluding carboxylic acids is 1. The number of hydrogen-bond donors (Lipinski definition) is 1. The summed E-state index contributed by atoms with van der Waals surface area (Å²) in [6, 6.07) is 0. The van der Waals surface area contributed by atoms with Gasteiger partial charge in [-0.2, -0.15) is 0 Å². The second-order valence-electron chi connectivity index (χ2n) is 3.83. The van der Waals surface area contributed by atoms with Crippen LogP contribution in [0, 0.1) is 17.8 Å². The van der Waals surface area contributed by atoms with Crippen molar-refractivity contribution in [2.75, 3.05) is 6.61 Å². The molecule has 1 saturated carbocycles. The third-order valence-electron chi connectivity index (χ3n) is 2.69. The van der Waals surface area contributed by atoms with Gasteiger partial charge in [0.1, 0.15) is 6.10 Å². The van der Waals surface area contributed by atoms with Crippen molar-refractivity contribution in [3.8, 4) is 11.8 Å². The Hall–Kier alpha value is -1.01. The van der Waals surface area contributed by atoms with Crippen molar-refractivity contribution in [3.05, 3.63) is 0 Å². The zero-order chi connectivity index (χ0) is 11.1. The van der Waals surface area contributed by atoms with E-state index in [-0.39, 0.29) is 5.92 Å². The zero-order valence-electron chi connectivity index (χ0n) is 9.16. The Morgan fingerprint density at radius 1 is 1.47 bits per heavy atom. The monoisotopic (exact) mass is 210 g/mol. The molecule has 0 radical (unpaired) electrons. The molecule has 0 aromatic rings. The van der Waals surface area contributed by atoms with Crippen LogP contribution in [0.25, 0.3) is 0 Å². The van der Waals surface area contributed by atoms with Gasteiger partial charge in [0, 0.05) is 5.92 Å². The van der Waals surface area contributed by atoms with E-state index in [0.717, 1.165) is 25.7 Å². The van der Waals surface area contributed by atoms with E-state index in [4.69, 9.17) is 0 Å². The molecule has 84 valence electrons. The highest BCUT2D eigenvalue weighted by Crippen LogP contribution is 2.25. The fourth-order valence-electron chi connectivity index (χ4n) is 1.87. The fraction of sp³-hybridized carbons (Fsp3) is 0.750. The van der Waals surface area contributed by atoms with Gasteiger partial charge in [-0.15, -0.1) is 0 Å². The Balaban J connectivity index is 2.38. The second kappa shape index (κ2) is 6.47. The van der Waals surface area contributed by atoms with Crippen LogP contribution >= 0.6 is 0 Å². The molecule has 0 spiro atoms. The molecule has 0 heterocycles. The summed E-state index contributed by atoms with van der Waals surface area (Å²) in [6.45, 7) is 2.06. The zero-order valence-corrected chi connectivity index (χ0v) is 9.16. The number of aliphatic hydroxyl groups excluding tert-OH is 1. The van der Waals surface area contributed by atoms with Gasteiger partial charge in [-0.25, -0.2) is 4.79 Å². The number of aliphatic hydroxyl groups is 1. The summed E-state index contributed by atoms with van der Waals surface area (Å²) in [5.41, 5.74) is 0. The van der Waals surface area contributed by atoms with Gasteiger partial charge in [-0.1, -0.05) is 25.2 Å². The lowest BCUT2D eigenvalue weighted by molar-refractivity contribution is -0.136. The van der Waals surface area contributed by atoms with Gasteiger partial charge in [-0.3, -0.25) is 0 Å². The molecule has 3 heteroatoms. The third kappa shape index (κ3) is 4.35. The maximum atomic E-state index is 10.9. The smallest absolute Gasteiger partial charge is 0.384 e. The Labute approximate surface area is 90.8 Å². The summed E-state index contributed by atoms with van der Waals surface area (Å²) in [7, 11) is 0. The van der Waals surface area contributed by atoms with E-state index in [1.54, 1.807) is 6.92 Å². The average Bonchev–Trinajstić information content (AvgIpc) is 2.27. The van der Waals surface area contributed by atoms with E-state index in [9.17, 15) is 9.90 Å². The second-order valence-corrected chi connectivity index (χ2v) is 3.83. The van der Waals surface area contributed by atoms with E-state index in [0.29, 0.717) is 6.61 Å². The Morgan fingerprint density at radius 3 is 2.73 bits per heavy atom. The standard InChI is InChI=1S/C12H18O3/c1-2-15-12(14)9-8-11(13)10-6-4-3-5-7-10/h10-11,13H,2-7H2,1H3/t11-/m0/s1. The lowest BCUT2D eigenvalue weighted by atomic mass is 9.85. The third-order valence-corrected chi connectivity index (χ3v) is 2.69. The van der Waals surface area contributed by atoms with E-state index in [1.165, 1.54) is 6.42 Å². The molecule has 0 aliphatic heterocycles. The van der Waals surface area contributed by atoms with Crippen molar-refractivity contribution in [2.24, 2.45) is 5.92 Å². The van der Waals surface area contributed by atoms with E-state index in [1.807, 2.05) is 0 Å². The average molecular weight is 210 g/mol. The van der Waals surface area contributed by atoms with Gasteiger partial charge >= 0.3 is 5.97 Å². The van der Waals surface area contributed by atoms with Crippen LogP contribution in [0.3, 0.4) is 0 Å². The van der Waals surface area contributed by atoms with Crippen LogP contribution in [0.5, 0.6) is 0 Å². The SMILES string of the molecule is CCOC(=O)C#C[C@H](O)C1CCCCC1. The number of carbonyl (C=O) groups is 1. The maximum absolute atomic E-state index is 10.9. The number of esters is 1. The minimum atomic E-state index is -0.672. The molecule has 3 nitrogen and oxygen atoms in total. The topological polar surface area (TPSA) is 46.5 Å². The van der Waals surface area contributed by atoms with Gasteiger partial charge in [0.25, 0.3) is 0 Å².